The summed E-state index contributed by atoms with van der Waals surface area (Å²) in [5, 5.41) is 9.10. The molecule has 1 aromatic rings. The Hall–Kier alpha value is -1.53. The third-order valence-electron chi connectivity index (χ3n) is 3.46. The summed E-state index contributed by atoms with van der Waals surface area (Å²) in [7, 11) is 0. The maximum absolute atomic E-state index is 12.7. The van der Waals surface area contributed by atoms with Gasteiger partial charge in [-0.25, -0.2) is 0 Å². The molecule has 0 saturated carbocycles. The number of amides is 1. The third kappa shape index (κ3) is 6.62. The van der Waals surface area contributed by atoms with Crippen LogP contribution in [0.5, 0.6) is 0 Å². The van der Waals surface area contributed by atoms with Gasteiger partial charge in [0.15, 0.2) is 0 Å². The molecule has 0 bridgehead atoms. The van der Waals surface area contributed by atoms with Crippen LogP contribution in [0.3, 0.4) is 0 Å². The Balaban J connectivity index is 2.78. The normalized spacial score (nSPS) is 12.0. The van der Waals surface area contributed by atoms with Gasteiger partial charge in [-0.3, -0.25) is 9.59 Å². The van der Waals surface area contributed by atoms with E-state index >= 15 is 0 Å². The van der Waals surface area contributed by atoms with E-state index in [0.29, 0.717) is 31.7 Å². The molecule has 23 heavy (non-hydrogen) atoms. The van der Waals surface area contributed by atoms with Crippen LogP contribution in [0.1, 0.15) is 30.6 Å². The summed E-state index contributed by atoms with van der Waals surface area (Å²) < 4.78 is 5.30. The molecule has 128 valence electrons. The molecule has 1 N–H and O–H groups in total. The van der Waals surface area contributed by atoms with Crippen molar-refractivity contribution in [1.82, 2.24) is 4.90 Å². The molecular formula is C17H25NO4S. The lowest BCUT2D eigenvalue weighted by atomic mass is 10.1. The molecule has 0 aliphatic rings. The number of ether oxygens (including phenoxy) is 1. The molecule has 0 aliphatic carbocycles. The quantitative estimate of drug-likeness (QED) is 0.524. The Morgan fingerprint density at radius 2 is 1.96 bits per heavy atom. The van der Waals surface area contributed by atoms with Crippen molar-refractivity contribution in [1.29, 1.82) is 0 Å². The molecule has 1 aromatic carbocycles. The maximum Gasteiger partial charge on any atom is 0.308 e. The first-order chi connectivity index (χ1) is 11.0. The summed E-state index contributed by atoms with van der Waals surface area (Å²) in [6.45, 7) is 5.42. The van der Waals surface area contributed by atoms with Crippen LogP contribution >= 0.6 is 11.8 Å². The van der Waals surface area contributed by atoms with Crippen LogP contribution in [0, 0.1) is 5.92 Å². The Morgan fingerprint density at radius 3 is 2.48 bits per heavy atom. The summed E-state index contributed by atoms with van der Waals surface area (Å²) >= 11 is 1.61. The summed E-state index contributed by atoms with van der Waals surface area (Å²) in [4.78, 5) is 26.4. The zero-order valence-corrected chi connectivity index (χ0v) is 14.8. The SMILES string of the molecule is CCOCCCN(CC(C)C(=O)O)C(=O)c1ccc(SC)cc1. The molecule has 1 rings (SSSR count). The van der Waals surface area contributed by atoms with Gasteiger partial charge in [0.2, 0.25) is 0 Å². The van der Waals surface area contributed by atoms with Gasteiger partial charge in [-0.1, -0.05) is 6.92 Å². The Morgan fingerprint density at radius 1 is 1.30 bits per heavy atom. The number of thioether (sulfide) groups is 1. The summed E-state index contributed by atoms with van der Waals surface area (Å²) in [5.41, 5.74) is 0.580. The van der Waals surface area contributed by atoms with Crippen molar-refractivity contribution >= 4 is 23.6 Å². The standard InChI is InChI=1S/C17H25NO4S/c1-4-22-11-5-10-18(12-13(2)17(20)21)16(19)14-6-8-15(23-3)9-7-14/h6-9,13H,4-5,10-12H2,1-3H3,(H,20,21). The maximum atomic E-state index is 12.7. The van der Waals surface area contributed by atoms with Gasteiger partial charge in [0, 0.05) is 36.8 Å². The van der Waals surface area contributed by atoms with Crippen molar-refractivity contribution in [2.24, 2.45) is 5.92 Å². The number of aliphatic carboxylic acids is 1. The molecular weight excluding hydrogens is 314 g/mol. The first-order valence-electron chi connectivity index (χ1n) is 7.73. The number of hydrogen-bond acceptors (Lipinski definition) is 4. The molecule has 0 aromatic heterocycles. The van der Waals surface area contributed by atoms with E-state index < -0.39 is 11.9 Å². The van der Waals surface area contributed by atoms with Crippen LogP contribution in [0.15, 0.2) is 29.2 Å². The van der Waals surface area contributed by atoms with Crippen LogP contribution in [0.2, 0.25) is 0 Å². The molecule has 5 nitrogen and oxygen atoms in total. The summed E-state index contributed by atoms with van der Waals surface area (Å²) in [6, 6.07) is 7.37. The smallest absolute Gasteiger partial charge is 0.308 e. The number of carboxylic acid groups (broad SMARTS) is 1. The van der Waals surface area contributed by atoms with Gasteiger partial charge in [-0.2, -0.15) is 0 Å². The van der Waals surface area contributed by atoms with Crippen LogP contribution in [0.4, 0.5) is 0 Å². The topological polar surface area (TPSA) is 66.8 Å². The second kappa shape index (κ2) is 10.3. The minimum Gasteiger partial charge on any atom is -0.481 e. The fraction of sp³-hybridized carbons (Fsp3) is 0.529. The van der Waals surface area contributed by atoms with Gasteiger partial charge in [0.1, 0.15) is 0 Å². The molecule has 0 saturated heterocycles. The fourth-order valence-corrected chi connectivity index (χ4v) is 2.51. The summed E-state index contributed by atoms with van der Waals surface area (Å²) in [5.74, 6) is -1.64. The van der Waals surface area contributed by atoms with Crippen molar-refractivity contribution in [3.8, 4) is 0 Å². The molecule has 0 heterocycles. The van der Waals surface area contributed by atoms with Gasteiger partial charge < -0.3 is 14.7 Å². The van der Waals surface area contributed by atoms with E-state index in [1.165, 1.54) is 0 Å². The molecule has 0 aliphatic heterocycles. The van der Waals surface area contributed by atoms with Crippen molar-refractivity contribution < 1.29 is 19.4 Å². The molecule has 1 amide bonds. The average Bonchev–Trinajstić information content (AvgIpc) is 2.56. The molecule has 0 radical (unpaired) electrons. The predicted molar refractivity (Wildman–Crippen MR) is 92.0 cm³/mol. The minimum atomic E-state index is -0.898. The van der Waals surface area contributed by atoms with Crippen molar-refractivity contribution in [2.45, 2.75) is 25.2 Å². The highest BCUT2D eigenvalue weighted by atomic mass is 32.2. The van der Waals surface area contributed by atoms with Crippen LogP contribution < -0.4 is 0 Å². The number of nitrogens with zero attached hydrogens (tertiary/aromatic N) is 1. The first kappa shape index (κ1) is 19.5. The molecule has 1 unspecified atom stereocenters. The minimum absolute atomic E-state index is 0.137. The third-order valence-corrected chi connectivity index (χ3v) is 4.20. The number of hydrogen-bond donors (Lipinski definition) is 1. The van der Waals surface area contributed by atoms with Gasteiger partial charge in [0.05, 0.1) is 5.92 Å². The van der Waals surface area contributed by atoms with E-state index in [4.69, 9.17) is 9.84 Å². The number of carboxylic acids is 1. The zero-order valence-electron chi connectivity index (χ0n) is 13.9. The van der Waals surface area contributed by atoms with Gasteiger partial charge in [-0.05, 0) is 43.9 Å². The van der Waals surface area contributed by atoms with E-state index in [1.54, 1.807) is 35.7 Å². The highest BCUT2D eigenvalue weighted by Gasteiger charge is 2.21. The monoisotopic (exact) mass is 339 g/mol. The van der Waals surface area contributed by atoms with E-state index in [0.717, 1.165) is 4.90 Å². The highest BCUT2D eigenvalue weighted by molar-refractivity contribution is 7.98. The van der Waals surface area contributed by atoms with Crippen LogP contribution in [-0.2, 0) is 9.53 Å². The Kier molecular flexibility index (Phi) is 8.73. The second-order valence-electron chi connectivity index (χ2n) is 5.27. The number of benzene rings is 1. The van der Waals surface area contributed by atoms with Gasteiger partial charge in [-0.15, -0.1) is 11.8 Å². The van der Waals surface area contributed by atoms with Crippen molar-refractivity contribution in [2.75, 3.05) is 32.6 Å². The van der Waals surface area contributed by atoms with E-state index in [1.807, 2.05) is 25.3 Å². The Bertz CT molecular complexity index is 504. The summed E-state index contributed by atoms with van der Waals surface area (Å²) in [6.07, 6.45) is 2.67. The predicted octanol–water partition coefficient (Wildman–Crippen LogP) is 3.00. The molecule has 1 atom stereocenters. The van der Waals surface area contributed by atoms with Crippen molar-refractivity contribution in [3.63, 3.8) is 0 Å². The van der Waals surface area contributed by atoms with E-state index in [2.05, 4.69) is 0 Å². The number of carbonyl (C=O) groups excluding carboxylic acids is 1. The highest BCUT2D eigenvalue weighted by Crippen LogP contribution is 2.16. The lowest BCUT2D eigenvalue weighted by molar-refractivity contribution is -0.141. The van der Waals surface area contributed by atoms with E-state index in [9.17, 15) is 9.59 Å². The molecule has 0 spiro atoms. The van der Waals surface area contributed by atoms with E-state index in [-0.39, 0.29) is 12.5 Å². The lowest BCUT2D eigenvalue weighted by Crippen LogP contribution is -2.38. The molecule has 6 heteroatoms. The lowest BCUT2D eigenvalue weighted by Gasteiger charge is -2.24. The fourth-order valence-electron chi connectivity index (χ4n) is 2.10. The number of rotatable bonds is 10. The van der Waals surface area contributed by atoms with Crippen LogP contribution in [-0.4, -0.2) is 54.4 Å². The zero-order chi connectivity index (χ0) is 17.2. The van der Waals surface area contributed by atoms with Gasteiger partial charge in [0.25, 0.3) is 5.91 Å². The number of carbonyl (C=O) groups is 2. The largest absolute Gasteiger partial charge is 0.481 e. The Labute approximate surface area is 142 Å². The van der Waals surface area contributed by atoms with Crippen molar-refractivity contribution in [3.05, 3.63) is 29.8 Å². The second-order valence-corrected chi connectivity index (χ2v) is 6.15. The van der Waals surface area contributed by atoms with Gasteiger partial charge >= 0.3 is 5.97 Å². The molecule has 0 fully saturated rings. The first-order valence-corrected chi connectivity index (χ1v) is 8.96. The van der Waals surface area contributed by atoms with Crippen LogP contribution in [0.25, 0.3) is 0 Å². The average molecular weight is 339 g/mol.